The number of esters is 1. The minimum Gasteiger partial charge on any atom is -0.462 e. The van der Waals surface area contributed by atoms with Crippen molar-refractivity contribution in [3.8, 4) is 0 Å². The van der Waals surface area contributed by atoms with E-state index in [-0.39, 0.29) is 12.6 Å². The Labute approximate surface area is 155 Å². The Morgan fingerprint density at radius 3 is 2.77 bits per heavy atom. The van der Waals surface area contributed by atoms with Gasteiger partial charge in [0.2, 0.25) is 0 Å². The van der Waals surface area contributed by atoms with Crippen molar-refractivity contribution in [2.24, 2.45) is 11.8 Å². The number of nitrogens with one attached hydrogen (secondary N) is 2. The molecule has 2 aromatic heterocycles. The highest BCUT2D eigenvalue weighted by atomic mass is 32.1. The van der Waals surface area contributed by atoms with Gasteiger partial charge in [-0.05, 0) is 37.8 Å². The topological polar surface area (TPSA) is 83.6 Å². The Bertz CT molecular complexity index is 853. The average molecular weight is 374 g/mol. The summed E-state index contributed by atoms with van der Waals surface area (Å²) >= 11 is 1.26. The molecule has 0 saturated carbocycles. The van der Waals surface area contributed by atoms with Gasteiger partial charge in [0.15, 0.2) is 0 Å². The molecule has 2 aliphatic rings. The average Bonchev–Trinajstić information content (AvgIpc) is 3.28. The molecular weight excluding hydrogens is 352 g/mol. The van der Waals surface area contributed by atoms with Crippen LogP contribution in [0.4, 0.5) is 10.5 Å². The van der Waals surface area contributed by atoms with Gasteiger partial charge in [0.05, 0.1) is 12.3 Å². The maximum atomic E-state index is 12.8. The second-order valence-corrected chi connectivity index (χ2v) is 7.84. The number of likely N-dealkylation sites (tertiary alicyclic amines) is 1. The van der Waals surface area contributed by atoms with Crippen molar-refractivity contribution in [3.05, 3.63) is 22.7 Å². The van der Waals surface area contributed by atoms with Gasteiger partial charge in [0.1, 0.15) is 9.71 Å². The molecule has 8 heteroatoms. The minimum absolute atomic E-state index is 0.162. The first-order valence-corrected chi connectivity index (χ1v) is 9.72. The summed E-state index contributed by atoms with van der Waals surface area (Å²) in [6.07, 6.45) is 0. The number of anilines is 1. The number of hydrogen-bond acceptors (Lipinski definition) is 6. The summed E-state index contributed by atoms with van der Waals surface area (Å²) in [5, 5.41) is 7.11. The molecule has 0 aromatic carbocycles. The maximum absolute atomic E-state index is 12.8. The maximum Gasteiger partial charge on any atom is 0.350 e. The number of pyridine rings is 1. The van der Waals surface area contributed by atoms with E-state index in [1.54, 1.807) is 6.92 Å². The quantitative estimate of drug-likeness (QED) is 0.807. The highest BCUT2D eigenvalue weighted by Crippen LogP contribution is 2.36. The molecule has 0 bridgehead atoms. The molecule has 2 fully saturated rings. The zero-order chi connectivity index (χ0) is 18.3. The zero-order valence-corrected chi connectivity index (χ0v) is 15.7. The van der Waals surface area contributed by atoms with Crippen LogP contribution in [0.3, 0.4) is 0 Å². The van der Waals surface area contributed by atoms with Gasteiger partial charge in [0.25, 0.3) is 0 Å². The summed E-state index contributed by atoms with van der Waals surface area (Å²) in [6, 6.07) is 3.62. The van der Waals surface area contributed by atoms with Crippen molar-refractivity contribution in [1.82, 2.24) is 15.2 Å². The number of aromatic nitrogens is 1. The van der Waals surface area contributed by atoms with Gasteiger partial charge in [-0.1, -0.05) is 0 Å². The molecule has 0 spiro atoms. The number of urea groups is 1. The van der Waals surface area contributed by atoms with Gasteiger partial charge in [0, 0.05) is 37.3 Å². The van der Waals surface area contributed by atoms with Crippen LogP contribution in [0, 0.1) is 18.8 Å². The smallest absolute Gasteiger partial charge is 0.350 e. The number of ether oxygens (including phenoxy) is 1. The van der Waals surface area contributed by atoms with Crippen LogP contribution in [0.25, 0.3) is 10.2 Å². The molecule has 2 aromatic rings. The lowest BCUT2D eigenvalue weighted by Crippen LogP contribution is -2.35. The van der Waals surface area contributed by atoms with Gasteiger partial charge < -0.3 is 20.3 Å². The van der Waals surface area contributed by atoms with E-state index in [2.05, 4.69) is 15.6 Å². The van der Waals surface area contributed by atoms with Crippen LogP contribution >= 0.6 is 11.3 Å². The number of fused-ring (bicyclic) bond motifs is 2. The molecule has 4 heterocycles. The third-order valence-electron chi connectivity index (χ3n) is 5.06. The number of rotatable bonds is 3. The minimum atomic E-state index is -0.425. The van der Waals surface area contributed by atoms with E-state index in [1.165, 1.54) is 11.3 Å². The van der Waals surface area contributed by atoms with Crippen molar-refractivity contribution in [1.29, 1.82) is 0 Å². The zero-order valence-electron chi connectivity index (χ0n) is 14.9. The van der Waals surface area contributed by atoms with Gasteiger partial charge in [-0.2, -0.15) is 0 Å². The third-order valence-corrected chi connectivity index (χ3v) is 6.14. The van der Waals surface area contributed by atoms with Crippen molar-refractivity contribution in [2.45, 2.75) is 13.8 Å². The lowest BCUT2D eigenvalue weighted by atomic mass is 10.0. The Balaban J connectivity index is 1.63. The Morgan fingerprint density at radius 2 is 2.08 bits per heavy atom. The number of aryl methyl sites for hydroxylation is 1. The largest absolute Gasteiger partial charge is 0.462 e. The van der Waals surface area contributed by atoms with Gasteiger partial charge in [-0.15, -0.1) is 11.3 Å². The number of nitrogens with zero attached hydrogens (tertiary/aromatic N) is 2. The Morgan fingerprint density at radius 1 is 1.35 bits per heavy atom. The third kappa shape index (κ3) is 3.03. The molecule has 2 saturated heterocycles. The summed E-state index contributed by atoms with van der Waals surface area (Å²) < 4.78 is 5.17. The lowest BCUT2D eigenvalue weighted by molar-refractivity contribution is 0.0533. The van der Waals surface area contributed by atoms with Crippen molar-refractivity contribution >= 4 is 39.2 Å². The predicted molar refractivity (Wildman–Crippen MR) is 101 cm³/mol. The van der Waals surface area contributed by atoms with E-state index in [0.717, 1.165) is 42.1 Å². The van der Waals surface area contributed by atoms with Crippen LogP contribution in [-0.2, 0) is 4.74 Å². The van der Waals surface area contributed by atoms with Crippen LogP contribution < -0.4 is 10.6 Å². The lowest BCUT2D eigenvalue weighted by Gasteiger charge is -2.18. The van der Waals surface area contributed by atoms with Crippen LogP contribution in [0.5, 0.6) is 0 Å². The second-order valence-electron chi connectivity index (χ2n) is 6.85. The molecule has 2 aliphatic heterocycles. The number of thiophene rings is 1. The fourth-order valence-electron chi connectivity index (χ4n) is 3.74. The molecule has 4 rings (SSSR count). The fourth-order valence-corrected chi connectivity index (χ4v) is 4.81. The molecule has 138 valence electrons. The summed E-state index contributed by atoms with van der Waals surface area (Å²) in [5.74, 6) is 0.619. The second kappa shape index (κ2) is 6.85. The molecule has 2 atom stereocenters. The van der Waals surface area contributed by atoms with E-state index in [9.17, 15) is 9.59 Å². The predicted octanol–water partition coefficient (Wildman–Crippen LogP) is 2.46. The molecular formula is C18H22N4O3S. The first-order chi connectivity index (χ1) is 12.6. The SMILES string of the molecule is CCOC(=O)c1sc2nc(C)ccc2c1NC(=O)N1C[C@H]2CNC[C@H]2C1. The molecule has 7 nitrogen and oxygen atoms in total. The first-order valence-electron chi connectivity index (χ1n) is 8.90. The number of amides is 2. The Hall–Kier alpha value is -2.19. The summed E-state index contributed by atoms with van der Waals surface area (Å²) in [5.41, 5.74) is 1.38. The highest BCUT2D eigenvalue weighted by molar-refractivity contribution is 7.21. The summed E-state index contributed by atoms with van der Waals surface area (Å²) in [7, 11) is 0. The fraction of sp³-hybridized carbons (Fsp3) is 0.500. The molecule has 0 unspecified atom stereocenters. The monoisotopic (exact) mass is 374 g/mol. The van der Waals surface area contributed by atoms with Gasteiger partial charge in [-0.25, -0.2) is 14.6 Å². The van der Waals surface area contributed by atoms with Crippen LogP contribution in [-0.4, -0.2) is 54.7 Å². The summed E-state index contributed by atoms with van der Waals surface area (Å²) in [4.78, 5) is 32.6. The molecule has 2 N–H and O–H groups in total. The normalized spacial score (nSPS) is 21.8. The standard InChI is InChI=1S/C18H22N4O3S/c1-3-25-17(23)15-14(13-5-4-10(2)20-16(13)26-15)21-18(24)22-8-11-6-19-7-12(11)9-22/h4-5,11-12,19H,3,6-9H2,1-2H3,(H,21,24)/t11-,12+. The van der Waals surface area contributed by atoms with Crippen molar-refractivity contribution in [2.75, 3.05) is 38.1 Å². The Kier molecular flexibility index (Phi) is 4.54. The molecule has 0 radical (unpaired) electrons. The van der Waals surface area contributed by atoms with Crippen LogP contribution in [0.2, 0.25) is 0 Å². The van der Waals surface area contributed by atoms with E-state index < -0.39 is 5.97 Å². The number of carbonyl (C=O) groups excluding carboxylic acids is 2. The summed E-state index contributed by atoms with van der Waals surface area (Å²) in [6.45, 7) is 7.38. The molecule has 2 amide bonds. The van der Waals surface area contributed by atoms with Gasteiger partial charge >= 0.3 is 12.0 Å². The van der Waals surface area contributed by atoms with Gasteiger partial charge in [-0.3, -0.25) is 0 Å². The van der Waals surface area contributed by atoms with E-state index >= 15 is 0 Å². The van der Waals surface area contributed by atoms with Crippen LogP contribution in [0.15, 0.2) is 12.1 Å². The van der Waals surface area contributed by atoms with Crippen molar-refractivity contribution in [3.63, 3.8) is 0 Å². The number of hydrogen-bond donors (Lipinski definition) is 2. The van der Waals surface area contributed by atoms with E-state index in [4.69, 9.17) is 4.74 Å². The van der Waals surface area contributed by atoms with E-state index in [0.29, 0.717) is 22.4 Å². The van der Waals surface area contributed by atoms with Crippen LogP contribution in [0.1, 0.15) is 22.3 Å². The highest BCUT2D eigenvalue weighted by Gasteiger charge is 2.38. The first kappa shape index (κ1) is 17.2. The van der Waals surface area contributed by atoms with E-state index in [1.807, 2.05) is 24.0 Å². The van der Waals surface area contributed by atoms with Crippen molar-refractivity contribution < 1.29 is 14.3 Å². The molecule has 26 heavy (non-hydrogen) atoms. The number of carbonyl (C=O) groups is 2. The molecule has 0 aliphatic carbocycles.